The van der Waals surface area contributed by atoms with Crippen molar-refractivity contribution in [2.45, 2.75) is 36.9 Å². The smallest absolute Gasteiger partial charge is 0.0625 e. The normalized spacial score (nSPS) is 31.0. The predicted molar refractivity (Wildman–Crippen MR) is 60.3 cm³/mol. The van der Waals surface area contributed by atoms with E-state index >= 15 is 0 Å². The maximum atomic E-state index is 8.67. The second-order valence-corrected chi connectivity index (χ2v) is 5.78. The van der Waals surface area contributed by atoms with Gasteiger partial charge in [0.1, 0.15) is 0 Å². The zero-order chi connectivity index (χ0) is 10.0. The number of likely N-dealkylation sites (tertiary alicyclic amines) is 1. The molecule has 2 nitrogen and oxygen atoms in total. The van der Waals surface area contributed by atoms with Gasteiger partial charge in [-0.05, 0) is 38.1 Å². The Morgan fingerprint density at radius 3 is 2.93 bits per heavy atom. The lowest BCUT2D eigenvalue weighted by atomic mass is 9.95. The summed E-state index contributed by atoms with van der Waals surface area (Å²) in [5.41, 5.74) is 0. The number of rotatable bonds is 3. The standard InChI is InChI=1S/C11H18N2S/c12-6-3-10-2-1-7-13(8-10)9-11(14)4-5-11/h10,14H,1-5,7-9H2. The van der Waals surface area contributed by atoms with E-state index in [1.807, 2.05) is 0 Å². The molecule has 0 N–H and O–H groups in total. The van der Waals surface area contributed by atoms with Crippen molar-refractivity contribution in [2.75, 3.05) is 19.6 Å². The summed E-state index contributed by atoms with van der Waals surface area (Å²) in [6.45, 7) is 3.47. The molecule has 78 valence electrons. The van der Waals surface area contributed by atoms with Crippen molar-refractivity contribution in [3.8, 4) is 6.07 Å². The van der Waals surface area contributed by atoms with Crippen LogP contribution in [0.1, 0.15) is 32.1 Å². The summed E-state index contributed by atoms with van der Waals surface area (Å²) in [6, 6.07) is 2.29. The molecule has 0 amide bonds. The second-order valence-electron chi connectivity index (χ2n) is 4.83. The average molecular weight is 210 g/mol. The topological polar surface area (TPSA) is 27.0 Å². The molecule has 2 aliphatic rings. The Labute approximate surface area is 91.7 Å². The third kappa shape index (κ3) is 2.65. The minimum Gasteiger partial charge on any atom is -0.302 e. The van der Waals surface area contributed by atoms with E-state index in [0.29, 0.717) is 10.7 Å². The molecule has 0 aromatic heterocycles. The van der Waals surface area contributed by atoms with E-state index in [4.69, 9.17) is 5.26 Å². The maximum absolute atomic E-state index is 8.67. The molecule has 14 heavy (non-hydrogen) atoms. The van der Waals surface area contributed by atoms with Gasteiger partial charge in [-0.1, -0.05) is 0 Å². The second kappa shape index (κ2) is 4.12. The van der Waals surface area contributed by atoms with Crippen LogP contribution >= 0.6 is 12.6 Å². The van der Waals surface area contributed by atoms with Crippen molar-refractivity contribution in [3.63, 3.8) is 0 Å². The molecule has 0 aromatic rings. The number of hydrogen-bond acceptors (Lipinski definition) is 3. The largest absolute Gasteiger partial charge is 0.302 e. The Morgan fingerprint density at radius 2 is 2.29 bits per heavy atom. The van der Waals surface area contributed by atoms with Gasteiger partial charge < -0.3 is 4.90 Å². The SMILES string of the molecule is N#CCC1CCCN(CC2(S)CC2)C1. The van der Waals surface area contributed by atoms with Crippen LogP contribution in [0, 0.1) is 17.2 Å². The Hall–Kier alpha value is -0.200. The number of thiol groups is 1. The number of nitrogens with zero attached hydrogens (tertiary/aromatic N) is 2. The summed E-state index contributed by atoms with van der Waals surface area (Å²) in [5, 5.41) is 8.67. The van der Waals surface area contributed by atoms with E-state index in [2.05, 4.69) is 23.6 Å². The van der Waals surface area contributed by atoms with Crippen LogP contribution in [-0.4, -0.2) is 29.3 Å². The summed E-state index contributed by atoms with van der Waals surface area (Å²) in [6.07, 6.45) is 5.78. The van der Waals surface area contributed by atoms with Gasteiger partial charge in [0, 0.05) is 24.3 Å². The molecule has 1 aliphatic carbocycles. The van der Waals surface area contributed by atoms with E-state index in [9.17, 15) is 0 Å². The van der Waals surface area contributed by atoms with Crippen LogP contribution in [0.5, 0.6) is 0 Å². The van der Waals surface area contributed by atoms with Crippen LogP contribution in [0.25, 0.3) is 0 Å². The molecule has 1 heterocycles. The van der Waals surface area contributed by atoms with E-state index in [0.717, 1.165) is 19.5 Å². The Morgan fingerprint density at radius 1 is 1.50 bits per heavy atom. The monoisotopic (exact) mass is 210 g/mol. The zero-order valence-electron chi connectivity index (χ0n) is 8.58. The van der Waals surface area contributed by atoms with Crippen molar-refractivity contribution >= 4 is 12.6 Å². The third-order valence-corrected chi connectivity index (χ3v) is 3.92. The lowest BCUT2D eigenvalue weighted by molar-refractivity contribution is 0.175. The fraction of sp³-hybridized carbons (Fsp3) is 0.909. The molecular formula is C11H18N2S. The molecule has 0 bridgehead atoms. The number of piperidine rings is 1. The first kappa shape index (κ1) is 10.3. The van der Waals surface area contributed by atoms with Gasteiger partial charge in [-0.2, -0.15) is 17.9 Å². The first-order chi connectivity index (χ1) is 6.72. The highest BCUT2D eigenvalue weighted by atomic mass is 32.1. The van der Waals surface area contributed by atoms with Crippen LogP contribution < -0.4 is 0 Å². The van der Waals surface area contributed by atoms with Crippen molar-refractivity contribution in [1.29, 1.82) is 5.26 Å². The fourth-order valence-electron chi connectivity index (χ4n) is 2.31. The predicted octanol–water partition coefficient (Wildman–Crippen LogP) is 2.07. The molecule has 1 aliphatic heterocycles. The van der Waals surface area contributed by atoms with E-state index in [1.54, 1.807) is 0 Å². The summed E-state index contributed by atoms with van der Waals surface area (Å²) in [4.78, 5) is 2.51. The molecule has 2 rings (SSSR count). The minimum absolute atomic E-state index is 0.328. The lowest BCUT2D eigenvalue weighted by Crippen LogP contribution is -2.39. The van der Waals surface area contributed by atoms with Crippen LogP contribution in [0.4, 0.5) is 0 Å². The summed E-state index contributed by atoms with van der Waals surface area (Å²) in [5.74, 6) is 0.615. The van der Waals surface area contributed by atoms with Gasteiger partial charge in [0.2, 0.25) is 0 Å². The highest BCUT2D eigenvalue weighted by molar-refractivity contribution is 7.82. The van der Waals surface area contributed by atoms with E-state index in [1.165, 1.54) is 32.2 Å². The average Bonchev–Trinajstić information content (AvgIpc) is 2.84. The van der Waals surface area contributed by atoms with E-state index in [-0.39, 0.29) is 0 Å². The molecule has 0 radical (unpaired) electrons. The highest BCUT2D eigenvalue weighted by Crippen LogP contribution is 2.43. The van der Waals surface area contributed by atoms with Crippen LogP contribution in [0.3, 0.4) is 0 Å². The Balaban J connectivity index is 1.79. The van der Waals surface area contributed by atoms with Crippen LogP contribution in [-0.2, 0) is 0 Å². The third-order valence-electron chi connectivity index (χ3n) is 3.33. The fourth-order valence-corrected chi connectivity index (χ4v) is 2.62. The van der Waals surface area contributed by atoms with E-state index < -0.39 is 0 Å². The molecule has 1 unspecified atom stereocenters. The maximum Gasteiger partial charge on any atom is 0.0625 e. The first-order valence-corrected chi connectivity index (χ1v) is 5.98. The molecule has 1 atom stereocenters. The zero-order valence-corrected chi connectivity index (χ0v) is 9.47. The van der Waals surface area contributed by atoms with Gasteiger partial charge in [0.25, 0.3) is 0 Å². The molecule has 0 aromatic carbocycles. The summed E-state index contributed by atoms with van der Waals surface area (Å²) >= 11 is 4.65. The van der Waals surface area contributed by atoms with Crippen LogP contribution in [0.2, 0.25) is 0 Å². The van der Waals surface area contributed by atoms with Gasteiger partial charge in [-0.15, -0.1) is 0 Å². The molecule has 1 saturated heterocycles. The van der Waals surface area contributed by atoms with Crippen molar-refractivity contribution in [1.82, 2.24) is 4.90 Å². The first-order valence-electron chi connectivity index (χ1n) is 5.53. The summed E-state index contributed by atoms with van der Waals surface area (Å²) < 4.78 is 0.328. The number of nitriles is 1. The van der Waals surface area contributed by atoms with Gasteiger partial charge in [-0.3, -0.25) is 0 Å². The Kier molecular flexibility index (Phi) is 3.04. The highest BCUT2D eigenvalue weighted by Gasteiger charge is 2.40. The quantitative estimate of drug-likeness (QED) is 0.722. The molecule has 0 spiro atoms. The van der Waals surface area contributed by atoms with Gasteiger partial charge in [-0.25, -0.2) is 0 Å². The van der Waals surface area contributed by atoms with Crippen molar-refractivity contribution in [2.24, 2.45) is 5.92 Å². The molecule has 2 fully saturated rings. The molecule has 3 heteroatoms. The molecular weight excluding hydrogens is 192 g/mol. The van der Waals surface area contributed by atoms with Gasteiger partial charge >= 0.3 is 0 Å². The summed E-state index contributed by atoms with van der Waals surface area (Å²) in [7, 11) is 0. The Bertz CT molecular complexity index is 242. The van der Waals surface area contributed by atoms with Crippen LogP contribution in [0.15, 0.2) is 0 Å². The van der Waals surface area contributed by atoms with Gasteiger partial charge in [0.15, 0.2) is 0 Å². The minimum atomic E-state index is 0.328. The number of hydrogen-bond donors (Lipinski definition) is 1. The van der Waals surface area contributed by atoms with Crippen molar-refractivity contribution in [3.05, 3.63) is 0 Å². The lowest BCUT2D eigenvalue weighted by Gasteiger charge is -2.33. The van der Waals surface area contributed by atoms with Gasteiger partial charge in [0.05, 0.1) is 6.07 Å². The molecule has 1 saturated carbocycles. The van der Waals surface area contributed by atoms with Crippen molar-refractivity contribution < 1.29 is 0 Å².